The third-order valence-electron chi connectivity index (χ3n) is 8.79. The summed E-state index contributed by atoms with van der Waals surface area (Å²) in [6, 6.07) is 46.6. The number of hydrogen-bond acceptors (Lipinski definition) is 3. The highest BCUT2D eigenvalue weighted by atomic mass is 16.3. The second-order valence-electron chi connectivity index (χ2n) is 11.1. The number of benzene rings is 6. The van der Waals surface area contributed by atoms with Crippen LogP contribution >= 0.6 is 0 Å². The average Bonchev–Trinajstić information content (AvgIpc) is 3.73. The van der Waals surface area contributed by atoms with E-state index in [4.69, 9.17) is 13.8 Å². The van der Waals surface area contributed by atoms with E-state index in [0.29, 0.717) is 5.71 Å². The van der Waals surface area contributed by atoms with Crippen LogP contribution in [0.15, 0.2) is 142 Å². The van der Waals surface area contributed by atoms with Crippen LogP contribution in [0.3, 0.4) is 0 Å². The molecule has 200 valence electrons. The molecule has 10 rings (SSSR count). The Labute approximate surface area is 245 Å². The molecule has 0 fully saturated rings. The molecule has 4 nitrogen and oxygen atoms in total. The molecule has 0 saturated heterocycles. The summed E-state index contributed by atoms with van der Waals surface area (Å²) >= 11 is 0. The van der Waals surface area contributed by atoms with Crippen molar-refractivity contribution >= 4 is 76.7 Å². The summed E-state index contributed by atoms with van der Waals surface area (Å²) in [5, 5.41) is 7.82. The van der Waals surface area contributed by atoms with E-state index in [2.05, 4.69) is 108 Å². The van der Waals surface area contributed by atoms with Crippen molar-refractivity contribution in [2.24, 2.45) is 0 Å². The number of furan rings is 2. The van der Waals surface area contributed by atoms with Gasteiger partial charge in [0.05, 0.1) is 21.9 Å². The largest absolute Gasteiger partial charge is 0.454 e. The Kier molecular flexibility index (Phi) is 4.42. The molecule has 4 heterocycles. The highest BCUT2D eigenvalue weighted by molar-refractivity contribution is 6.22. The van der Waals surface area contributed by atoms with Gasteiger partial charge in [-0.3, -0.25) is 0 Å². The maximum Gasteiger partial charge on any atom is 0.228 e. The Balaban J connectivity index is 1.34. The molecule has 4 heteroatoms. The van der Waals surface area contributed by atoms with Gasteiger partial charge in [-0.05, 0) is 48.0 Å². The second kappa shape index (κ2) is 8.34. The Morgan fingerprint density at radius 1 is 0.512 bits per heavy atom. The van der Waals surface area contributed by atoms with Gasteiger partial charge in [0.15, 0.2) is 5.58 Å². The van der Waals surface area contributed by atoms with E-state index in [9.17, 15) is 0 Å². The third-order valence-corrected chi connectivity index (χ3v) is 8.79. The first-order valence-electron chi connectivity index (χ1n) is 14.5. The molecule has 0 radical (unpaired) electrons. The van der Waals surface area contributed by atoms with Crippen LogP contribution in [0.2, 0.25) is 0 Å². The fourth-order valence-corrected chi connectivity index (χ4v) is 6.98. The molecule has 0 spiro atoms. The Morgan fingerprint density at radius 2 is 1.21 bits per heavy atom. The van der Waals surface area contributed by atoms with Gasteiger partial charge in [-0.1, -0.05) is 91.0 Å². The predicted molar refractivity (Wildman–Crippen MR) is 176 cm³/mol. The normalized spacial score (nSPS) is 12.2. The molecule has 0 aliphatic carbocycles. The maximum atomic E-state index is 6.58. The van der Waals surface area contributed by atoms with E-state index in [0.717, 1.165) is 77.0 Å². The van der Waals surface area contributed by atoms with Crippen molar-refractivity contribution in [3.8, 4) is 16.8 Å². The van der Waals surface area contributed by atoms with Crippen LogP contribution < -0.4 is 0 Å². The van der Waals surface area contributed by atoms with Crippen LogP contribution in [0.4, 0.5) is 0 Å². The zero-order valence-corrected chi connectivity index (χ0v) is 22.9. The van der Waals surface area contributed by atoms with Gasteiger partial charge in [0.25, 0.3) is 0 Å². The fraction of sp³-hybridized carbons (Fsp3) is 0. The molecule has 0 unspecified atom stereocenters. The van der Waals surface area contributed by atoms with Crippen LogP contribution in [0, 0.1) is 0 Å². The van der Waals surface area contributed by atoms with Crippen LogP contribution in [-0.4, -0.2) is 9.55 Å². The van der Waals surface area contributed by atoms with Gasteiger partial charge in [0, 0.05) is 43.6 Å². The lowest BCUT2D eigenvalue weighted by atomic mass is 9.96. The molecule has 4 aromatic heterocycles. The Bertz CT molecular complexity index is 2740. The van der Waals surface area contributed by atoms with Crippen molar-refractivity contribution in [2.75, 3.05) is 0 Å². The number of rotatable bonds is 2. The summed E-state index contributed by atoms with van der Waals surface area (Å²) in [7, 11) is 0. The molecule has 0 aliphatic heterocycles. The number of nitrogens with zero attached hydrogens (tertiary/aromatic N) is 2. The van der Waals surface area contributed by atoms with Gasteiger partial charge in [-0.15, -0.1) is 0 Å². The van der Waals surface area contributed by atoms with Crippen molar-refractivity contribution in [1.82, 2.24) is 9.55 Å². The lowest BCUT2D eigenvalue weighted by Gasteiger charge is -2.13. The van der Waals surface area contributed by atoms with Crippen molar-refractivity contribution in [3.05, 3.63) is 133 Å². The minimum absolute atomic E-state index is 0.654. The second-order valence-corrected chi connectivity index (χ2v) is 11.1. The first kappa shape index (κ1) is 22.8. The Morgan fingerprint density at radius 3 is 2.09 bits per heavy atom. The lowest BCUT2D eigenvalue weighted by Crippen LogP contribution is -1.95. The van der Waals surface area contributed by atoms with Gasteiger partial charge < -0.3 is 13.4 Å². The molecule has 43 heavy (non-hydrogen) atoms. The van der Waals surface area contributed by atoms with E-state index >= 15 is 0 Å². The van der Waals surface area contributed by atoms with Crippen LogP contribution in [0.25, 0.3) is 93.5 Å². The number of aromatic nitrogens is 2. The maximum absolute atomic E-state index is 6.58. The van der Waals surface area contributed by atoms with Gasteiger partial charge in [-0.2, -0.15) is 0 Å². The summed E-state index contributed by atoms with van der Waals surface area (Å²) in [6.07, 6.45) is 0. The molecular weight excluding hydrogens is 528 g/mol. The minimum atomic E-state index is 0.654. The molecule has 0 amide bonds. The summed E-state index contributed by atoms with van der Waals surface area (Å²) < 4.78 is 15.2. The van der Waals surface area contributed by atoms with Crippen molar-refractivity contribution in [1.29, 1.82) is 0 Å². The lowest BCUT2D eigenvalue weighted by molar-refractivity contribution is 0.656. The fourth-order valence-electron chi connectivity index (χ4n) is 6.98. The number of hydrogen-bond donors (Lipinski definition) is 0. The highest BCUT2D eigenvalue weighted by Crippen LogP contribution is 2.43. The standard InChI is InChI=1S/C39H22N2O2/c1-5-16-31-29(14-1)35(36-30-15-4-8-19-34(30)43-39(36)40-31)23-10-9-11-24(22-23)41-32-17-6-2-12-25(32)27-20-21-28-26-13-3-7-18-33(26)42-38(28)37(27)41/h1-22H. The molecule has 0 atom stereocenters. The SMILES string of the molecule is c1cc(-c2c3ccccc3nc3oc4ccccc4c23)cc(-n2c3ccccc3c3ccc4c5ccccc5oc4c32)c1. The quantitative estimate of drug-likeness (QED) is 0.215. The topological polar surface area (TPSA) is 44.1 Å². The van der Waals surface area contributed by atoms with Crippen LogP contribution in [0.1, 0.15) is 0 Å². The average molecular weight is 551 g/mol. The molecular formula is C39H22N2O2. The van der Waals surface area contributed by atoms with Crippen LogP contribution in [-0.2, 0) is 0 Å². The number of pyridine rings is 1. The van der Waals surface area contributed by atoms with E-state index in [-0.39, 0.29) is 0 Å². The van der Waals surface area contributed by atoms with Crippen molar-refractivity contribution in [2.45, 2.75) is 0 Å². The van der Waals surface area contributed by atoms with E-state index in [1.165, 1.54) is 10.8 Å². The van der Waals surface area contributed by atoms with Crippen LogP contribution in [0.5, 0.6) is 0 Å². The first-order valence-corrected chi connectivity index (χ1v) is 14.5. The zero-order valence-electron chi connectivity index (χ0n) is 22.9. The highest BCUT2D eigenvalue weighted by Gasteiger charge is 2.21. The zero-order chi connectivity index (χ0) is 28.1. The van der Waals surface area contributed by atoms with Gasteiger partial charge >= 0.3 is 0 Å². The predicted octanol–water partition coefficient (Wildman–Crippen LogP) is 10.8. The molecule has 0 bridgehead atoms. The Hall–Kier alpha value is -5.87. The molecule has 0 N–H and O–H groups in total. The summed E-state index contributed by atoms with van der Waals surface area (Å²) in [6.45, 7) is 0. The van der Waals surface area contributed by atoms with E-state index in [1.54, 1.807) is 0 Å². The van der Waals surface area contributed by atoms with Crippen molar-refractivity contribution < 1.29 is 8.83 Å². The van der Waals surface area contributed by atoms with E-state index in [1.807, 2.05) is 30.3 Å². The molecule has 0 aliphatic rings. The van der Waals surface area contributed by atoms with Gasteiger partial charge in [0.1, 0.15) is 11.2 Å². The van der Waals surface area contributed by atoms with Crippen molar-refractivity contribution in [3.63, 3.8) is 0 Å². The monoisotopic (exact) mass is 550 g/mol. The molecule has 0 saturated carbocycles. The minimum Gasteiger partial charge on any atom is -0.454 e. The number of fused-ring (bicyclic) bond motifs is 11. The smallest absolute Gasteiger partial charge is 0.228 e. The molecule has 10 aromatic rings. The number of para-hydroxylation sites is 4. The molecule has 6 aromatic carbocycles. The van der Waals surface area contributed by atoms with E-state index < -0.39 is 0 Å². The van der Waals surface area contributed by atoms with Gasteiger partial charge in [-0.25, -0.2) is 4.98 Å². The van der Waals surface area contributed by atoms with Gasteiger partial charge in [0.2, 0.25) is 5.71 Å². The third kappa shape index (κ3) is 3.07. The summed E-state index contributed by atoms with van der Waals surface area (Å²) in [5.74, 6) is 0. The first-order chi connectivity index (χ1) is 21.3. The summed E-state index contributed by atoms with van der Waals surface area (Å²) in [4.78, 5) is 4.93. The summed E-state index contributed by atoms with van der Waals surface area (Å²) in [5.41, 5.74) is 9.72.